The highest BCUT2D eigenvalue weighted by atomic mass is 14.9. The van der Waals surface area contributed by atoms with E-state index in [0.29, 0.717) is 12.1 Å². The molecular weight excluding hydrogens is 364 g/mol. The van der Waals surface area contributed by atoms with Gasteiger partial charge in [0, 0.05) is 12.1 Å². The SMILES string of the molecule is CCCCCCCCCCCCCCCCCCCCC(CC(C)NCC)NCC. The molecule has 0 aromatic rings. The molecule has 2 heteroatoms. The predicted octanol–water partition coefficient (Wildman–Crippen LogP) is 8.78. The zero-order chi connectivity index (χ0) is 22.1. The molecule has 0 bridgehead atoms. The van der Waals surface area contributed by atoms with Crippen molar-refractivity contribution in [1.29, 1.82) is 0 Å². The van der Waals surface area contributed by atoms with E-state index in [-0.39, 0.29) is 0 Å². The molecule has 0 fully saturated rings. The zero-order valence-electron chi connectivity index (χ0n) is 21.7. The summed E-state index contributed by atoms with van der Waals surface area (Å²) in [6.45, 7) is 11.2. The Morgan fingerprint density at radius 2 is 0.833 bits per heavy atom. The Bertz CT molecular complexity index is 305. The molecule has 0 saturated heterocycles. The first-order valence-corrected chi connectivity index (χ1v) is 14.2. The molecule has 0 radical (unpaired) electrons. The van der Waals surface area contributed by atoms with Gasteiger partial charge in [-0.25, -0.2) is 0 Å². The first kappa shape index (κ1) is 29.9. The van der Waals surface area contributed by atoms with Gasteiger partial charge >= 0.3 is 0 Å². The molecule has 0 saturated carbocycles. The van der Waals surface area contributed by atoms with Crippen molar-refractivity contribution in [2.75, 3.05) is 13.1 Å². The first-order chi connectivity index (χ1) is 14.7. The Morgan fingerprint density at radius 3 is 1.20 bits per heavy atom. The van der Waals surface area contributed by atoms with Crippen LogP contribution in [0.4, 0.5) is 0 Å². The van der Waals surface area contributed by atoms with E-state index in [1.165, 1.54) is 128 Å². The van der Waals surface area contributed by atoms with Gasteiger partial charge in [-0.1, -0.05) is 136 Å². The third kappa shape index (κ3) is 22.6. The summed E-state index contributed by atoms with van der Waals surface area (Å²) in [5.41, 5.74) is 0. The molecule has 0 aliphatic rings. The number of hydrogen-bond acceptors (Lipinski definition) is 2. The molecule has 2 N–H and O–H groups in total. The van der Waals surface area contributed by atoms with E-state index < -0.39 is 0 Å². The maximum atomic E-state index is 3.69. The summed E-state index contributed by atoms with van der Waals surface area (Å²) < 4.78 is 0. The van der Waals surface area contributed by atoms with E-state index in [1.807, 2.05) is 0 Å². The highest BCUT2D eigenvalue weighted by Gasteiger charge is 2.11. The summed E-state index contributed by atoms with van der Waals surface area (Å²) in [4.78, 5) is 0. The van der Waals surface area contributed by atoms with Crippen LogP contribution in [0.3, 0.4) is 0 Å². The van der Waals surface area contributed by atoms with Gasteiger partial charge in [-0.3, -0.25) is 0 Å². The van der Waals surface area contributed by atoms with Crippen LogP contribution in [-0.4, -0.2) is 25.2 Å². The van der Waals surface area contributed by atoms with Gasteiger partial charge in [0.1, 0.15) is 0 Å². The maximum absolute atomic E-state index is 3.69. The molecule has 2 nitrogen and oxygen atoms in total. The summed E-state index contributed by atoms with van der Waals surface area (Å²) in [7, 11) is 0. The fourth-order valence-corrected chi connectivity index (χ4v) is 4.74. The Labute approximate surface area is 192 Å². The predicted molar refractivity (Wildman–Crippen MR) is 139 cm³/mol. The number of nitrogens with one attached hydrogen (secondary N) is 2. The highest BCUT2D eigenvalue weighted by molar-refractivity contribution is 4.73. The van der Waals surface area contributed by atoms with Crippen molar-refractivity contribution < 1.29 is 0 Å². The van der Waals surface area contributed by atoms with E-state index in [2.05, 4.69) is 38.3 Å². The van der Waals surface area contributed by atoms with Gasteiger partial charge in [0.2, 0.25) is 0 Å². The second-order valence-electron chi connectivity index (χ2n) is 9.75. The van der Waals surface area contributed by atoms with Crippen molar-refractivity contribution in [2.45, 2.75) is 168 Å². The van der Waals surface area contributed by atoms with Crippen LogP contribution < -0.4 is 10.6 Å². The summed E-state index contributed by atoms with van der Waals surface area (Å²) in [5, 5.41) is 7.24. The van der Waals surface area contributed by atoms with Crippen molar-refractivity contribution in [2.24, 2.45) is 0 Å². The molecule has 0 aliphatic heterocycles. The largest absolute Gasteiger partial charge is 0.314 e. The fourth-order valence-electron chi connectivity index (χ4n) is 4.74. The van der Waals surface area contributed by atoms with Gasteiger partial charge < -0.3 is 10.6 Å². The van der Waals surface area contributed by atoms with Crippen molar-refractivity contribution in [3.63, 3.8) is 0 Å². The van der Waals surface area contributed by atoms with E-state index in [4.69, 9.17) is 0 Å². The molecule has 0 spiro atoms. The van der Waals surface area contributed by atoms with Gasteiger partial charge in [-0.2, -0.15) is 0 Å². The first-order valence-electron chi connectivity index (χ1n) is 14.2. The maximum Gasteiger partial charge on any atom is 0.00816 e. The normalized spacial score (nSPS) is 13.6. The van der Waals surface area contributed by atoms with Crippen molar-refractivity contribution in [3.05, 3.63) is 0 Å². The van der Waals surface area contributed by atoms with Crippen LogP contribution in [-0.2, 0) is 0 Å². The van der Waals surface area contributed by atoms with Gasteiger partial charge in [0.15, 0.2) is 0 Å². The van der Waals surface area contributed by atoms with Gasteiger partial charge in [0.25, 0.3) is 0 Å². The zero-order valence-corrected chi connectivity index (χ0v) is 21.7. The quantitative estimate of drug-likeness (QED) is 0.143. The van der Waals surface area contributed by atoms with E-state index in [0.717, 1.165) is 13.1 Å². The standard InChI is InChI=1S/C28H60N2/c1-5-8-9-10-11-12-13-14-15-16-17-18-19-20-21-22-23-24-25-28(30-7-3)26-27(4)29-6-2/h27-30H,5-26H2,1-4H3. The molecule has 0 aliphatic carbocycles. The minimum Gasteiger partial charge on any atom is -0.314 e. The molecule has 0 aromatic carbocycles. The molecule has 0 heterocycles. The van der Waals surface area contributed by atoms with Crippen LogP contribution in [0.15, 0.2) is 0 Å². The number of unbranched alkanes of at least 4 members (excludes halogenated alkanes) is 17. The van der Waals surface area contributed by atoms with Gasteiger partial charge in [-0.05, 0) is 32.9 Å². The molecular formula is C28H60N2. The van der Waals surface area contributed by atoms with E-state index >= 15 is 0 Å². The Balaban J connectivity index is 3.29. The monoisotopic (exact) mass is 424 g/mol. The van der Waals surface area contributed by atoms with Crippen LogP contribution in [0, 0.1) is 0 Å². The Morgan fingerprint density at radius 1 is 0.467 bits per heavy atom. The van der Waals surface area contributed by atoms with Crippen LogP contribution in [0.2, 0.25) is 0 Å². The van der Waals surface area contributed by atoms with Gasteiger partial charge in [0.05, 0.1) is 0 Å². The molecule has 0 aromatic heterocycles. The Kier molecular flexibility index (Phi) is 25.1. The summed E-state index contributed by atoms with van der Waals surface area (Å²) in [6, 6.07) is 1.33. The lowest BCUT2D eigenvalue weighted by atomic mass is 10.00. The lowest BCUT2D eigenvalue weighted by Gasteiger charge is -2.22. The summed E-state index contributed by atoms with van der Waals surface area (Å²) in [5.74, 6) is 0. The Hall–Kier alpha value is -0.0800. The van der Waals surface area contributed by atoms with Crippen LogP contribution in [0.5, 0.6) is 0 Å². The second kappa shape index (κ2) is 25.2. The molecule has 0 amide bonds. The molecule has 2 unspecified atom stereocenters. The van der Waals surface area contributed by atoms with Crippen LogP contribution in [0.1, 0.15) is 156 Å². The molecule has 2 atom stereocenters. The topological polar surface area (TPSA) is 24.1 Å². The van der Waals surface area contributed by atoms with Crippen molar-refractivity contribution >= 4 is 0 Å². The summed E-state index contributed by atoms with van der Waals surface area (Å²) >= 11 is 0. The third-order valence-corrected chi connectivity index (χ3v) is 6.59. The minimum absolute atomic E-state index is 0.634. The van der Waals surface area contributed by atoms with Crippen molar-refractivity contribution in [1.82, 2.24) is 10.6 Å². The number of hydrogen-bond donors (Lipinski definition) is 2. The molecule has 182 valence electrons. The smallest absolute Gasteiger partial charge is 0.00816 e. The van der Waals surface area contributed by atoms with Crippen LogP contribution in [0.25, 0.3) is 0 Å². The van der Waals surface area contributed by atoms with Gasteiger partial charge in [-0.15, -0.1) is 0 Å². The van der Waals surface area contributed by atoms with E-state index in [9.17, 15) is 0 Å². The van der Waals surface area contributed by atoms with E-state index in [1.54, 1.807) is 0 Å². The lowest BCUT2D eigenvalue weighted by Crippen LogP contribution is -2.37. The second-order valence-corrected chi connectivity index (χ2v) is 9.75. The average molecular weight is 425 g/mol. The molecule has 0 rings (SSSR count). The van der Waals surface area contributed by atoms with Crippen molar-refractivity contribution in [3.8, 4) is 0 Å². The molecule has 30 heavy (non-hydrogen) atoms. The lowest BCUT2D eigenvalue weighted by molar-refractivity contribution is 0.387. The average Bonchev–Trinajstić information content (AvgIpc) is 2.73. The fraction of sp³-hybridized carbons (Fsp3) is 1.00. The number of rotatable bonds is 25. The minimum atomic E-state index is 0.634. The summed E-state index contributed by atoms with van der Waals surface area (Å²) in [6.07, 6.45) is 28.8. The highest BCUT2D eigenvalue weighted by Crippen LogP contribution is 2.15. The van der Waals surface area contributed by atoms with Crippen LogP contribution >= 0.6 is 0 Å². The third-order valence-electron chi connectivity index (χ3n) is 6.59.